The number of sulfone groups is 1. The Kier molecular flexibility index (Phi) is 5.08. The second kappa shape index (κ2) is 7.09. The maximum atomic E-state index is 13.6. The molecule has 1 saturated carbocycles. The number of hydrogen-bond donors (Lipinski definition) is 0. The summed E-state index contributed by atoms with van der Waals surface area (Å²) >= 11 is 0. The highest BCUT2D eigenvalue weighted by Crippen LogP contribution is 2.29. The third-order valence-electron chi connectivity index (χ3n) is 4.80. The number of nitrogens with zero attached hydrogens (tertiary/aromatic N) is 1. The van der Waals surface area contributed by atoms with Gasteiger partial charge in [0.15, 0.2) is 28.0 Å². The Morgan fingerprint density at radius 2 is 1.88 bits per heavy atom. The van der Waals surface area contributed by atoms with Crippen molar-refractivity contribution in [1.29, 1.82) is 0 Å². The van der Waals surface area contributed by atoms with Crippen LogP contribution in [0.3, 0.4) is 0 Å². The highest BCUT2D eigenvalue weighted by molar-refractivity contribution is 7.91. The quantitative estimate of drug-likeness (QED) is 0.812. The van der Waals surface area contributed by atoms with Crippen LogP contribution in [0.1, 0.15) is 32.1 Å². The first-order valence-corrected chi connectivity index (χ1v) is 10.2. The minimum absolute atomic E-state index is 0.0228. The van der Waals surface area contributed by atoms with Crippen molar-refractivity contribution in [3.63, 3.8) is 0 Å². The maximum Gasteiger partial charge on any atom is 0.261 e. The fraction of sp³-hybridized carbons (Fsp3) is 0.588. The van der Waals surface area contributed by atoms with Gasteiger partial charge in [0.25, 0.3) is 5.91 Å². The summed E-state index contributed by atoms with van der Waals surface area (Å²) in [4.78, 5) is 14.4. The van der Waals surface area contributed by atoms with Crippen LogP contribution < -0.4 is 4.74 Å². The maximum absolute atomic E-state index is 13.6. The van der Waals surface area contributed by atoms with Crippen LogP contribution >= 0.6 is 0 Å². The molecule has 1 saturated heterocycles. The van der Waals surface area contributed by atoms with E-state index in [4.69, 9.17) is 4.74 Å². The van der Waals surface area contributed by atoms with Gasteiger partial charge >= 0.3 is 0 Å². The van der Waals surface area contributed by atoms with Crippen molar-refractivity contribution in [3.05, 3.63) is 30.1 Å². The fourth-order valence-corrected chi connectivity index (χ4v) is 5.37. The van der Waals surface area contributed by atoms with Crippen molar-refractivity contribution in [3.8, 4) is 5.75 Å². The number of carbonyl (C=O) groups excluding carboxylic acids is 1. The molecule has 24 heavy (non-hydrogen) atoms. The van der Waals surface area contributed by atoms with Crippen molar-refractivity contribution in [2.24, 2.45) is 0 Å². The van der Waals surface area contributed by atoms with Gasteiger partial charge in [-0.2, -0.15) is 0 Å². The van der Waals surface area contributed by atoms with Crippen LogP contribution in [-0.2, 0) is 14.6 Å². The van der Waals surface area contributed by atoms with E-state index in [1.807, 2.05) is 0 Å². The van der Waals surface area contributed by atoms with E-state index in [2.05, 4.69) is 0 Å². The van der Waals surface area contributed by atoms with Crippen LogP contribution in [-0.4, -0.2) is 49.4 Å². The largest absolute Gasteiger partial charge is 0.481 e. The van der Waals surface area contributed by atoms with Crippen LogP contribution in [0, 0.1) is 5.82 Å². The average Bonchev–Trinajstić information content (AvgIpc) is 3.17. The zero-order valence-electron chi connectivity index (χ0n) is 13.5. The third-order valence-corrected chi connectivity index (χ3v) is 6.55. The van der Waals surface area contributed by atoms with Crippen LogP contribution in [0.25, 0.3) is 0 Å². The number of carbonyl (C=O) groups is 1. The third kappa shape index (κ3) is 3.88. The van der Waals surface area contributed by atoms with E-state index in [1.165, 1.54) is 12.1 Å². The number of benzene rings is 1. The van der Waals surface area contributed by atoms with Gasteiger partial charge in [0.1, 0.15) is 0 Å². The van der Waals surface area contributed by atoms with Gasteiger partial charge < -0.3 is 9.64 Å². The molecule has 5 nitrogen and oxygen atoms in total. The van der Waals surface area contributed by atoms with Gasteiger partial charge in [-0.15, -0.1) is 0 Å². The molecule has 2 fully saturated rings. The molecule has 132 valence electrons. The standard InChI is InChI=1S/C17H22FNO4S/c18-15-7-3-4-8-16(15)23-11-17(20)19(13-5-1-2-6-13)14-9-10-24(21,22)12-14/h3-4,7-8,13-14H,1-2,5-6,9-12H2. The van der Waals surface area contributed by atoms with Gasteiger partial charge in [-0.1, -0.05) is 25.0 Å². The average molecular weight is 355 g/mol. The van der Waals surface area contributed by atoms with Crippen molar-refractivity contribution >= 4 is 15.7 Å². The normalized spacial score (nSPS) is 23.3. The first kappa shape index (κ1) is 17.2. The van der Waals surface area contributed by atoms with E-state index >= 15 is 0 Å². The highest BCUT2D eigenvalue weighted by atomic mass is 32.2. The molecule has 1 atom stereocenters. The van der Waals surface area contributed by atoms with Gasteiger partial charge in [-0.05, 0) is 31.4 Å². The monoisotopic (exact) mass is 355 g/mol. The zero-order valence-corrected chi connectivity index (χ0v) is 14.3. The second-order valence-electron chi connectivity index (χ2n) is 6.52. The molecule has 0 N–H and O–H groups in total. The lowest BCUT2D eigenvalue weighted by Crippen LogP contribution is -2.48. The number of rotatable bonds is 5. The molecule has 7 heteroatoms. The summed E-state index contributed by atoms with van der Waals surface area (Å²) in [6.07, 6.45) is 4.35. The summed E-state index contributed by atoms with van der Waals surface area (Å²) in [5.74, 6) is -0.582. The first-order valence-electron chi connectivity index (χ1n) is 8.35. The Morgan fingerprint density at radius 3 is 2.50 bits per heavy atom. The van der Waals surface area contributed by atoms with Crippen LogP contribution in [0.2, 0.25) is 0 Å². The lowest BCUT2D eigenvalue weighted by molar-refractivity contribution is -0.137. The van der Waals surface area contributed by atoms with Crippen LogP contribution in [0.15, 0.2) is 24.3 Å². The highest BCUT2D eigenvalue weighted by Gasteiger charge is 2.39. The van der Waals surface area contributed by atoms with E-state index < -0.39 is 15.7 Å². The summed E-state index contributed by atoms with van der Waals surface area (Å²) in [6.45, 7) is -0.270. The molecule has 1 amide bonds. The Balaban J connectivity index is 1.70. The molecule has 1 aliphatic heterocycles. The topological polar surface area (TPSA) is 63.7 Å². The number of para-hydroxylation sites is 1. The smallest absolute Gasteiger partial charge is 0.261 e. The predicted molar refractivity (Wildman–Crippen MR) is 88.1 cm³/mol. The minimum Gasteiger partial charge on any atom is -0.481 e. The van der Waals surface area contributed by atoms with Crippen molar-refractivity contribution < 1.29 is 22.3 Å². The lowest BCUT2D eigenvalue weighted by Gasteiger charge is -2.34. The van der Waals surface area contributed by atoms with E-state index in [0.717, 1.165) is 25.7 Å². The number of amides is 1. The number of hydrogen-bond acceptors (Lipinski definition) is 4. The molecular weight excluding hydrogens is 333 g/mol. The summed E-state index contributed by atoms with van der Waals surface area (Å²) in [5.41, 5.74) is 0. The Morgan fingerprint density at radius 1 is 1.17 bits per heavy atom. The molecule has 0 radical (unpaired) electrons. The summed E-state index contributed by atoms with van der Waals surface area (Å²) in [7, 11) is -3.07. The first-order chi connectivity index (χ1) is 11.5. The predicted octanol–water partition coefficient (Wildman–Crippen LogP) is 2.16. The molecule has 1 aromatic carbocycles. The van der Waals surface area contributed by atoms with Crippen LogP contribution in [0.4, 0.5) is 4.39 Å². The molecule has 2 aliphatic rings. The lowest BCUT2D eigenvalue weighted by atomic mass is 10.1. The van der Waals surface area contributed by atoms with Gasteiger partial charge in [-0.25, -0.2) is 12.8 Å². The molecule has 0 aromatic heterocycles. The summed E-state index contributed by atoms with van der Waals surface area (Å²) in [6, 6.07) is 5.73. The molecule has 1 heterocycles. The Hall–Kier alpha value is -1.63. The molecule has 1 unspecified atom stereocenters. The van der Waals surface area contributed by atoms with E-state index in [1.54, 1.807) is 17.0 Å². The SMILES string of the molecule is O=C(COc1ccccc1F)N(C1CCCC1)C1CCS(=O)(=O)C1. The molecule has 3 rings (SSSR count). The van der Waals surface area contributed by atoms with Crippen molar-refractivity contribution in [1.82, 2.24) is 4.90 Å². The van der Waals surface area contributed by atoms with Crippen LogP contribution in [0.5, 0.6) is 5.75 Å². The van der Waals surface area contributed by atoms with E-state index in [9.17, 15) is 17.6 Å². The van der Waals surface area contributed by atoms with E-state index in [-0.39, 0.29) is 41.9 Å². The molecule has 0 spiro atoms. The van der Waals surface area contributed by atoms with Crippen molar-refractivity contribution in [2.45, 2.75) is 44.2 Å². The second-order valence-corrected chi connectivity index (χ2v) is 8.74. The number of halogens is 1. The van der Waals surface area contributed by atoms with E-state index in [0.29, 0.717) is 6.42 Å². The van der Waals surface area contributed by atoms with Gasteiger partial charge in [0, 0.05) is 12.1 Å². The van der Waals surface area contributed by atoms with Gasteiger partial charge in [0.05, 0.1) is 11.5 Å². The zero-order chi connectivity index (χ0) is 17.2. The molecule has 1 aromatic rings. The van der Waals surface area contributed by atoms with Gasteiger partial charge in [0.2, 0.25) is 0 Å². The molecular formula is C17H22FNO4S. The number of ether oxygens (including phenoxy) is 1. The summed E-state index contributed by atoms with van der Waals surface area (Å²) < 4.78 is 42.5. The molecule has 0 bridgehead atoms. The van der Waals surface area contributed by atoms with Crippen molar-refractivity contribution in [2.75, 3.05) is 18.1 Å². The fourth-order valence-electron chi connectivity index (χ4n) is 3.66. The Bertz CT molecular complexity index is 700. The Labute approximate surface area is 141 Å². The molecule has 1 aliphatic carbocycles. The minimum atomic E-state index is -3.07. The van der Waals surface area contributed by atoms with Gasteiger partial charge in [-0.3, -0.25) is 4.79 Å². The summed E-state index contributed by atoms with van der Waals surface area (Å²) in [5, 5.41) is 0.